The second kappa shape index (κ2) is 8.31. The number of carbonyl (C=O) groups is 1. The first-order valence-electron chi connectivity index (χ1n) is 8.63. The molecule has 140 valence electrons. The number of amidine groups is 1. The van der Waals surface area contributed by atoms with Gasteiger partial charge in [0.25, 0.3) is 5.91 Å². The fraction of sp³-hybridized carbons (Fsp3) is 0.238. The fourth-order valence-electron chi connectivity index (χ4n) is 2.80. The van der Waals surface area contributed by atoms with Crippen LogP contribution in [0.25, 0.3) is 6.08 Å². The van der Waals surface area contributed by atoms with E-state index in [0.29, 0.717) is 21.6 Å². The molecule has 1 fully saturated rings. The summed E-state index contributed by atoms with van der Waals surface area (Å²) >= 11 is 1.37. The van der Waals surface area contributed by atoms with Crippen LogP contribution in [0.2, 0.25) is 0 Å². The van der Waals surface area contributed by atoms with Gasteiger partial charge in [-0.1, -0.05) is 30.3 Å². The van der Waals surface area contributed by atoms with Gasteiger partial charge in [0.15, 0.2) is 16.7 Å². The maximum absolute atomic E-state index is 13.0. The fourth-order valence-corrected chi connectivity index (χ4v) is 3.91. The molecule has 5 nitrogen and oxygen atoms in total. The molecule has 0 atom stereocenters. The van der Waals surface area contributed by atoms with Gasteiger partial charge in [-0.2, -0.15) is 0 Å². The molecule has 0 bridgehead atoms. The summed E-state index contributed by atoms with van der Waals surface area (Å²) in [7, 11) is 3.18. The van der Waals surface area contributed by atoms with E-state index in [1.807, 2.05) is 68.5 Å². The lowest BCUT2D eigenvalue weighted by Gasteiger charge is -2.19. The molecule has 27 heavy (non-hydrogen) atoms. The van der Waals surface area contributed by atoms with Crippen molar-refractivity contribution in [2.45, 2.75) is 19.9 Å². The van der Waals surface area contributed by atoms with Crippen molar-refractivity contribution < 1.29 is 14.3 Å². The topological polar surface area (TPSA) is 51.1 Å². The molecule has 6 heteroatoms. The van der Waals surface area contributed by atoms with Crippen molar-refractivity contribution in [1.82, 2.24) is 4.90 Å². The van der Waals surface area contributed by atoms with Crippen molar-refractivity contribution >= 4 is 34.6 Å². The molecule has 0 spiro atoms. The van der Waals surface area contributed by atoms with Crippen LogP contribution >= 0.6 is 11.8 Å². The number of aliphatic imine (C=N–C) groups is 1. The standard InChI is InChI=1S/C21H22N2O3S/c1-14(2)23-20(24)18(27-21(23)22-16-10-6-5-7-11-16)13-15-9-8-12-17(25-3)19(15)26-4/h5-14H,1-4H3/b18-13+,22-21?. The lowest BCUT2D eigenvalue weighted by atomic mass is 10.1. The van der Waals surface area contributed by atoms with Gasteiger partial charge < -0.3 is 9.47 Å². The Morgan fingerprint density at radius 1 is 1.04 bits per heavy atom. The van der Waals surface area contributed by atoms with Crippen LogP contribution in [0.5, 0.6) is 11.5 Å². The molecule has 0 saturated carbocycles. The summed E-state index contributed by atoms with van der Waals surface area (Å²) in [6, 6.07) is 15.2. The number of carbonyl (C=O) groups excluding carboxylic acids is 1. The molecule has 1 saturated heterocycles. The summed E-state index contributed by atoms with van der Waals surface area (Å²) in [5.41, 5.74) is 1.61. The number of methoxy groups -OCH3 is 2. The van der Waals surface area contributed by atoms with E-state index < -0.39 is 0 Å². The molecule has 0 unspecified atom stereocenters. The Bertz CT molecular complexity index is 892. The van der Waals surface area contributed by atoms with Crippen LogP contribution in [-0.2, 0) is 4.79 Å². The lowest BCUT2D eigenvalue weighted by Crippen LogP contribution is -2.35. The third kappa shape index (κ3) is 4.01. The molecule has 1 aliphatic heterocycles. The predicted octanol–water partition coefficient (Wildman–Crippen LogP) is 4.72. The number of benzene rings is 2. The van der Waals surface area contributed by atoms with E-state index in [9.17, 15) is 4.79 Å². The zero-order chi connectivity index (χ0) is 19.4. The van der Waals surface area contributed by atoms with Gasteiger partial charge in [0.2, 0.25) is 0 Å². The molecule has 0 radical (unpaired) electrons. The minimum absolute atomic E-state index is 0.00515. The van der Waals surface area contributed by atoms with Gasteiger partial charge in [-0.05, 0) is 49.9 Å². The van der Waals surface area contributed by atoms with E-state index in [2.05, 4.69) is 4.99 Å². The third-order valence-electron chi connectivity index (χ3n) is 4.05. The summed E-state index contributed by atoms with van der Waals surface area (Å²) in [6.45, 7) is 3.96. The number of amides is 1. The van der Waals surface area contributed by atoms with Crippen molar-refractivity contribution in [2.75, 3.05) is 14.2 Å². The molecule has 0 aromatic heterocycles. The van der Waals surface area contributed by atoms with Gasteiger partial charge in [-0.15, -0.1) is 0 Å². The van der Waals surface area contributed by atoms with Crippen molar-refractivity contribution in [3.8, 4) is 11.5 Å². The van der Waals surface area contributed by atoms with E-state index in [1.54, 1.807) is 19.1 Å². The molecule has 1 aliphatic rings. The zero-order valence-corrected chi connectivity index (χ0v) is 16.6. The van der Waals surface area contributed by atoms with E-state index in [4.69, 9.17) is 9.47 Å². The number of nitrogens with zero attached hydrogens (tertiary/aromatic N) is 2. The van der Waals surface area contributed by atoms with Crippen LogP contribution in [-0.4, -0.2) is 36.2 Å². The van der Waals surface area contributed by atoms with Gasteiger partial charge >= 0.3 is 0 Å². The normalized spacial score (nSPS) is 17.2. The number of hydrogen-bond donors (Lipinski definition) is 0. The second-order valence-electron chi connectivity index (χ2n) is 6.19. The van der Waals surface area contributed by atoms with Crippen LogP contribution in [0.3, 0.4) is 0 Å². The predicted molar refractivity (Wildman–Crippen MR) is 111 cm³/mol. The molecule has 1 amide bonds. The first-order valence-corrected chi connectivity index (χ1v) is 9.44. The summed E-state index contributed by atoms with van der Waals surface area (Å²) in [5, 5.41) is 0.675. The van der Waals surface area contributed by atoms with Crippen molar-refractivity contribution in [3.05, 3.63) is 59.0 Å². The Balaban J connectivity index is 2.02. The van der Waals surface area contributed by atoms with Crippen LogP contribution in [0.1, 0.15) is 19.4 Å². The minimum Gasteiger partial charge on any atom is -0.493 e. The van der Waals surface area contributed by atoms with Crippen LogP contribution in [0.15, 0.2) is 58.4 Å². The molecule has 0 N–H and O–H groups in total. The average molecular weight is 382 g/mol. The Morgan fingerprint density at radius 3 is 2.41 bits per heavy atom. The average Bonchev–Trinajstić information content (AvgIpc) is 2.97. The monoisotopic (exact) mass is 382 g/mol. The lowest BCUT2D eigenvalue weighted by molar-refractivity contribution is -0.123. The van der Waals surface area contributed by atoms with Crippen LogP contribution < -0.4 is 9.47 Å². The molecular formula is C21H22N2O3S. The Hall–Kier alpha value is -2.73. The maximum atomic E-state index is 13.0. The first kappa shape index (κ1) is 19.0. The summed E-state index contributed by atoms with van der Waals surface area (Å²) in [6.07, 6.45) is 1.83. The van der Waals surface area contributed by atoms with E-state index in [1.165, 1.54) is 11.8 Å². The maximum Gasteiger partial charge on any atom is 0.266 e. The molecule has 2 aromatic carbocycles. The highest BCUT2D eigenvalue weighted by Gasteiger charge is 2.35. The number of rotatable bonds is 5. The van der Waals surface area contributed by atoms with Crippen molar-refractivity contribution in [2.24, 2.45) is 4.99 Å². The third-order valence-corrected chi connectivity index (χ3v) is 5.04. The highest BCUT2D eigenvalue weighted by molar-refractivity contribution is 8.18. The highest BCUT2D eigenvalue weighted by Crippen LogP contribution is 2.38. The van der Waals surface area contributed by atoms with Gasteiger partial charge in [0, 0.05) is 11.6 Å². The van der Waals surface area contributed by atoms with Gasteiger partial charge in [0.1, 0.15) is 0 Å². The van der Waals surface area contributed by atoms with Crippen LogP contribution in [0.4, 0.5) is 5.69 Å². The molecule has 3 rings (SSSR count). The number of thioether (sulfide) groups is 1. The van der Waals surface area contributed by atoms with Crippen molar-refractivity contribution in [3.63, 3.8) is 0 Å². The zero-order valence-electron chi connectivity index (χ0n) is 15.8. The minimum atomic E-state index is -0.0606. The summed E-state index contributed by atoms with van der Waals surface area (Å²) in [5.74, 6) is 1.17. The second-order valence-corrected chi connectivity index (χ2v) is 7.20. The Labute approximate surface area is 163 Å². The number of para-hydroxylation sites is 2. The largest absolute Gasteiger partial charge is 0.493 e. The van der Waals surface area contributed by atoms with Crippen molar-refractivity contribution in [1.29, 1.82) is 0 Å². The van der Waals surface area contributed by atoms with Gasteiger partial charge in [0.05, 0.1) is 24.8 Å². The quantitative estimate of drug-likeness (QED) is 0.703. The van der Waals surface area contributed by atoms with E-state index in [0.717, 1.165) is 11.3 Å². The van der Waals surface area contributed by atoms with Crippen LogP contribution in [0, 0.1) is 0 Å². The SMILES string of the molecule is COc1cccc(/C=C2/SC(=Nc3ccccc3)N(C(C)C)C2=O)c1OC. The number of hydrogen-bond acceptors (Lipinski definition) is 5. The molecule has 1 heterocycles. The van der Waals surface area contributed by atoms with Gasteiger partial charge in [-0.3, -0.25) is 9.69 Å². The molecule has 2 aromatic rings. The van der Waals surface area contributed by atoms with E-state index >= 15 is 0 Å². The Morgan fingerprint density at radius 2 is 1.78 bits per heavy atom. The van der Waals surface area contributed by atoms with Gasteiger partial charge in [-0.25, -0.2) is 4.99 Å². The summed E-state index contributed by atoms with van der Waals surface area (Å²) in [4.78, 5) is 20.0. The number of ether oxygens (including phenoxy) is 2. The van der Waals surface area contributed by atoms with E-state index in [-0.39, 0.29) is 11.9 Å². The summed E-state index contributed by atoms with van der Waals surface area (Å²) < 4.78 is 10.8. The highest BCUT2D eigenvalue weighted by atomic mass is 32.2. The first-order chi connectivity index (χ1) is 13.0. The Kier molecular flexibility index (Phi) is 5.86. The molecule has 0 aliphatic carbocycles. The smallest absolute Gasteiger partial charge is 0.266 e. The molecular weight excluding hydrogens is 360 g/mol.